The second kappa shape index (κ2) is 11.3. The standard InChI is InChI=1S/C24H31NO5/c1-4-5-6-7-8-9-10-18(3)30-23-14-12-19(16-22(23)25(28)29)21-13-11-20(24(26)27)15-17(21)2/h11-16,18H,4-10H2,1-3H3,(H,26,27). The fourth-order valence-corrected chi connectivity index (χ4v) is 3.54. The number of unbranched alkanes of at least 4 members (excludes halogenated alkanes) is 5. The molecule has 1 N–H and O–H groups in total. The lowest BCUT2D eigenvalue weighted by Crippen LogP contribution is -2.12. The Bertz CT molecular complexity index is 878. The molecule has 0 saturated carbocycles. The van der Waals surface area contributed by atoms with Crippen LogP contribution in [0.15, 0.2) is 36.4 Å². The van der Waals surface area contributed by atoms with Gasteiger partial charge in [0.2, 0.25) is 0 Å². The number of carbonyl (C=O) groups is 1. The first-order chi connectivity index (χ1) is 14.3. The van der Waals surface area contributed by atoms with Gasteiger partial charge in [0, 0.05) is 6.07 Å². The molecule has 30 heavy (non-hydrogen) atoms. The van der Waals surface area contributed by atoms with Crippen molar-refractivity contribution < 1.29 is 19.6 Å². The summed E-state index contributed by atoms with van der Waals surface area (Å²) in [5.74, 6) is -0.735. The molecule has 0 heterocycles. The number of nitro benzene ring substituents is 1. The van der Waals surface area contributed by atoms with Gasteiger partial charge in [0.05, 0.1) is 16.6 Å². The summed E-state index contributed by atoms with van der Waals surface area (Å²) in [6, 6.07) is 9.66. The second-order valence-corrected chi connectivity index (χ2v) is 7.76. The molecule has 0 aliphatic heterocycles. The van der Waals surface area contributed by atoms with Crippen LogP contribution in [0.5, 0.6) is 5.75 Å². The number of rotatable bonds is 12. The molecule has 1 atom stereocenters. The molecule has 6 nitrogen and oxygen atoms in total. The molecule has 0 fully saturated rings. The van der Waals surface area contributed by atoms with Crippen LogP contribution in [-0.2, 0) is 0 Å². The average Bonchev–Trinajstić information content (AvgIpc) is 2.70. The minimum absolute atomic E-state index is 0.0796. The van der Waals surface area contributed by atoms with Crippen molar-refractivity contribution in [2.24, 2.45) is 0 Å². The van der Waals surface area contributed by atoms with Gasteiger partial charge in [-0.3, -0.25) is 10.1 Å². The summed E-state index contributed by atoms with van der Waals surface area (Å²) in [7, 11) is 0. The van der Waals surface area contributed by atoms with E-state index in [2.05, 4.69) is 6.92 Å². The Morgan fingerprint density at radius 3 is 2.43 bits per heavy atom. The maximum Gasteiger partial charge on any atom is 0.335 e. The maximum absolute atomic E-state index is 11.6. The number of aryl methyl sites for hydroxylation is 1. The van der Waals surface area contributed by atoms with Crippen molar-refractivity contribution in [3.05, 3.63) is 57.6 Å². The van der Waals surface area contributed by atoms with E-state index in [-0.39, 0.29) is 23.1 Å². The molecule has 0 bridgehead atoms. The van der Waals surface area contributed by atoms with Crippen LogP contribution < -0.4 is 4.74 Å². The number of nitrogens with zero attached hydrogens (tertiary/aromatic N) is 1. The number of ether oxygens (including phenoxy) is 1. The highest BCUT2D eigenvalue weighted by atomic mass is 16.6. The van der Waals surface area contributed by atoms with Crippen molar-refractivity contribution >= 4 is 11.7 Å². The van der Waals surface area contributed by atoms with E-state index < -0.39 is 10.9 Å². The number of hydrogen-bond acceptors (Lipinski definition) is 4. The largest absolute Gasteiger partial charge is 0.484 e. The lowest BCUT2D eigenvalue weighted by atomic mass is 9.98. The van der Waals surface area contributed by atoms with E-state index >= 15 is 0 Å². The number of aromatic carboxylic acids is 1. The Hall–Kier alpha value is -2.89. The average molecular weight is 414 g/mol. The highest BCUT2D eigenvalue weighted by Gasteiger charge is 2.19. The van der Waals surface area contributed by atoms with Gasteiger partial charge >= 0.3 is 11.7 Å². The number of carboxylic acids is 1. The smallest absolute Gasteiger partial charge is 0.335 e. The molecular weight excluding hydrogens is 382 g/mol. The van der Waals surface area contributed by atoms with Crippen LogP contribution in [0, 0.1) is 17.0 Å². The van der Waals surface area contributed by atoms with Crippen LogP contribution >= 0.6 is 0 Å². The van der Waals surface area contributed by atoms with E-state index in [4.69, 9.17) is 9.84 Å². The minimum atomic E-state index is -1.00. The maximum atomic E-state index is 11.6. The van der Waals surface area contributed by atoms with Gasteiger partial charge in [0.25, 0.3) is 0 Å². The molecule has 0 aliphatic rings. The van der Waals surface area contributed by atoms with E-state index in [9.17, 15) is 14.9 Å². The van der Waals surface area contributed by atoms with Gasteiger partial charge in [-0.2, -0.15) is 0 Å². The quantitative estimate of drug-likeness (QED) is 0.235. The molecular formula is C24H31NO5. The second-order valence-electron chi connectivity index (χ2n) is 7.76. The van der Waals surface area contributed by atoms with Crippen LogP contribution in [0.25, 0.3) is 11.1 Å². The molecule has 0 spiro atoms. The summed E-state index contributed by atoms with van der Waals surface area (Å²) in [6.45, 7) is 5.93. The number of nitro groups is 1. The lowest BCUT2D eigenvalue weighted by molar-refractivity contribution is -0.386. The fraction of sp³-hybridized carbons (Fsp3) is 0.458. The Morgan fingerprint density at radius 2 is 1.80 bits per heavy atom. The predicted octanol–water partition coefficient (Wildman–Crippen LogP) is 6.79. The molecule has 0 saturated heterocycles. The molecule has 2 aromatic carbocycles. The third-order valence-corrected chi connectivity index (χ3v) is 5.23. The summed E-state index contributed by atoms with van der Waals surface area (Å²) in [5.41, 5.74) is 2.27. The minimum Gasteiger partial charge on any atom is -0.484 e. The van der Waals surface area contributed by atoms with Crippen molar-refractivity contribution in [3.8, 4) is 16.9 Å². The Kier molecular flexibility index (Phi) is 8.84. The topological polar surface area (TPSA) is 89.7 Å². The van der Waals surface area contributed by atoms with Crippen LogP contribution in [0.1, 0.15) is 74.7 Å². The summed E-state index contributed by atoms with van der Waals surface area (Å²) in [4.78, 5) is 22.3. The monoisotopic (exact) mass is 413 g/mol. The zero-order valence-electron chi connectivity index (χ0n) is 18.0. The first kappa shape index (κ1) is 23.4. The van der Waals surface area contributed by atoms with E-state index in [0.29, 0.717) is 5.56 Å². The van der Waals surface area contributed by atoms with Gasteiger partial charge < -0.3 is 9.84 Å². The van der Waals surface area contributed by atoms with Crippen molar-refractivity contribution in [1.29, 1.82) is 0 Å². The van der Waals surface area contributed by atoms with Gasteiger partial charge in [-0.05, 0) is 61.6 Å². The summed E-state index contributed by atoms with van der Waals surface area (Å²) >= 11 is 0. The summed E-state index contributed by atoms with van der Waals surface area (Å²) in [6.07, 6.45) is 7.93. The molecule has 0 aliphatic carbocycles. The van der Waals surface area contributed by atoms with Crippen molar-refractivity contribution in [2.45, 2.75) is 71.8 Å². The van der Waals surface area contributed by atoms with Crippen LogP contribution in [0.2, 0.25) is 0 Å². The van der Waals surface area contributed by atoms with Gasteiger partial charge in [-0.15, -0.1) is 0 Å². The Balaban J connectivity index is 2.10. The van der Waals surface area contributed by atoms with Crippen LogP contribution in [0.3, 0.4) is 0 Å². The van der Waals surface area contributed by atoms with Gasteiger partial charge in [-0.25, -0.2) is 4.79 Å². The molecule has 2 aromatic rings. The fourth-order valence-electron chi connectivity index (χ4n) is 3.54. The molecule has 1 unspecified atom stereocenters. The highest BCUT2D eigenvalue weighted by Crippen LogP contribution is 2.34. The summed E-state index contributed by atoms with van der Waals surface area (Å²) < 4.78 is 5.89. The molecule has 0 radical (unpaired) electrons. The van der Waals surface area contributed by atoms with Gasteiger partial charge in [-0.1, -0.05) is 51.2 Å². The molecule has 6 heteroatoms. The third-order valence-electron chi connectivity index (χ3n) is 5.23. The van der Waals surface area contributed by atoms with E-state index in [1.807, 2.05) is 6.92 Å². The Labute approximate surface area is 178 Å². The zero-order chi connectivity index (χ0) is 22.1. The van der Waals surface area contributed by atoms with E-state index in [1.165, 1.54) is 37.8 Å². The van der Waals surface area contributed by atoms with Gasteiger partial charge in [0.15, 0.2) is 5.75 Å². The zero-order valence-corrected chi connectivity index (χ0v) is 18.0. The first-order valence-electron chi connectivity index (χ1n) is 10.6. The van der Waals surface area contributed by atoms with E-state index in [1.54, 1.807) is 31.2 Å². The molecule has 0 aromatic heterocycles. The number of hydrogen-bond donors (Lipinski definition) is 1. The van der Waals surface area contributed by atoms with Crippen LogP contribution in [-0.4, -0.2) is 22.1 Å². The third kappa shape index (κ3) is 6.58. The SMILES string of the molecule is CCCCCCCCC(C)Oc1ccc(-c2ccc(C(=O)O)cc2C)cc1[N+](=O)[O-]. The van der Waals surface area contributed by atoms with E-state index in [0.717, 1.165) is 30.4 Å². The van der Waals surface area contributed by atoms with Crippen molar-refractivity contribution in [1.82, 2.24) is 0 Å². The number of carboxylic acid groups (broad SMARTS) is 1. The lowest BCUT2D eigenvalue weighted by Gasteiger charge is -2.15. The molecule has 0 amide bonds. The Morgan fingerprint density at radius 1 is 1.10 bits per heavy atom. The molecule has 2 rings (SSSR count). The first-order valence-corrected chi connectivity index (χ1v) is 10.6. The highest BCUT2D eigenvalue weighted by molar-refractivity contribution is 5.89. The van der Waals surface area contributed by atoms with Crippen molar-refractivity contribution in [2.75, 3.05) is 0 Å². The normalized spacial score (nSPS) is 11.8. The van der Waals surface area contributed by atoms with Gasteiger partial charge in [0.1, 0.15) is 0 Å². The van der Waals surface area contributed by atoms with Crippen LogP contribution in [0.4, 0.5) is 5.69 Å². The predicted molar refractivity (Wildman–Crippen MR) is 118 cm³/mol. The molecule has 162 valence electrons. The number of benzene rings is 2. The summed E-state index contributed by atoms with van der Waals surface area (Å²) in [5, 5.41) is 20.7. The van der Waals surface area contributed by atoms with Crippen molar-refractivity contribution in [3.63, 3.8) is 0 Å².